The maximum absolute atomic E-state index is 14.7. The molecule has 0 aliphatic heterocycles. The first-order valence-electron chi connectivity index (χ1n) is 14.0. The summed E-state index contributed by atoms with van der Waals surface area (Å²) in [6, 6.07) is 36.8. The Morgan fingerprint density at radius 2 is 1.39 bits per heavy atom. The number of benzene rings is 4. The van der Waals surface area contributed by atoms with Gasteiger partial charge in [-0.2, -0.15) is 0 Å². The van der Waals surface area contributed by atoms with Gasteiger partial charge in [-0.3, -0.25) is 14.2 Å². The van der Waals surface area contributed by atoms with Crippen molar-refractivity contribution in [2.45, 2.75) is 31.8 Å². The van der Waals surface area contributed by atoms with Crippen LogP contribution in [0.2, 0.25) is 0 Å². The van der Waals surface area contributed by atoms with E-state index >= 15 is 0 Å². The minimum absolute atomic E-state index is 0.0356. The molecule has 0 aliphatic carbocycles. The van der Waals surface area contributed by atoms with Gasteiger partial charge in [-0.15, -0.1) is 0 Å². The van der Waals surface area contributed by atoms with Crippen LogP contribution in [0, 0.1) is 0 Å². The Morgan fingerprint density at radius 3 is 2.00 bits per heavy atom. The number of rotatable bonds is 11. The number of aromatic nitrogens is 2. The van der Waals surface area contributed by atoms with E-state index in [-0.39, 0.29) is 11.5 Å². The van der Waals surface area contributed by atoms with Gasteiger partial charge in [-0.1, -0.05) is 103 Å². The summed E-state index contributed by atoms with van der Waals surface area (Å²) in [6.07, 6.45) is 0.670. The fourth-order valence-corrected chi connectivity index (χ4v) is 5.37. The van der Waals surface area contributed by atoms with Gasteiger partial charge in [0.15, 0.2) is 0 Å². The van der Waals surface area contributed by atoms with Crippen molar-refractivity contribution in [1.29, 1.82) is 0 Å². The zero-order valence-electron chi connectivity index (χ0n) is 23.5. The maximum Gasteiger partial charge on any atom is 0.261 e. The Hall–Kier alpha value is -4.55. The highest BCUT2D eigenvalue weighted by atomic mass is 16.5. The van der Waals surface area contributed by atoms with Crippen LogP contribution in [0.4, 0.5) is 0 Å². The fourth-order valence-electron chi connectivity index (χ4n) is 5.37. The second kappa shape index (κ2) is 13.2. The normalized spacial score (nSPS) is 12.0. The third kappa shape index (κ3) is 6.28. The lowest BCUT2D eigenvalue weighted by Gasteiger charge is -2.34. The van der Waals surface area contributed by atoms with Gasteiger partial charge in [0, 0.05) is 13.7 Å². The molecule has 41 heavy (non-hydrogen) atoms. The van der Waals surface area contributed by atoms with Crippen LogP contribution in [0.5, 0.6) is 0 Å². The molecule has 208 valence electrons. The largest absolute Gasteiger partial charge is 0.383 e. The zero-order chi connectivity index (χ0) is 28.6. The predicted octanol–water partition coefficient (Wildman–Crippen LogP) is 6.01. The molecule has 0 saturated carbocycles. The number of amides is 1. The summed E-state index contributed by atoms with van der Waals surface area (Å²) in [4.78, 5) is 35.3. The maximum atomic E-state index is 14.7. The van der Waals surface area contributed by atoms with Crippen molar-refractivity contribution in [2.75, 3.05) is 20.3 Å². The highest BCUT2D eigenvalue weighted by Gasteiger charge is 2.32. The number of nitrogens with zero attached hydrogens (tertiary/aromatic N) is 3. The molecular weight excluding hydrogens is 510 g/mol. The van der Waals surface area contributed by atoms with E-state index in [1.54, 1.807) is 17.7 Å². The van der Waals surface area contributed by atoms with E-state index in [9.17, 15) is 9.59 Å². The van der Waals surface area contributed by atoms with E-state index in [4.69, 9.17) is 9.72 Å². The van der Waals surface area contributed by atoms with E-state index in [0.29, 0.717) is 42.8 Å². The summed E-state index contributed by atoms with van der Waals surface area (Å²) < 4.78 is 7.01. The van der Waals surface area contributed by atoms with Crippen molar-refractivity contribution in [2.24, 2.45) is 0 Å². The monoisotopic (exact) mass is 545 g/mol. The minimum Gasteiger partial charge on any atom is -0.383 e. The van der Waals surface area contributed by atoms with Gasteiger partial charge in [0.05, 0.1) is 36.0 Å². The first-order chi connectivity index (χ1) is 20.1. The molecule has 1 unspecified atom stereocenters. The Morgan fingerprint density at radius 1 is 0.829 bits per heavy atom. The molecule has 1 atom stereocenters. The van der Waals surface area contributed by atoms with Crippen LogP contribution in [-0.2, 0) is 22.5 Å². The van der Waals surface area contributed by atoms with Gasteiger partial charge < -0.3 is 9.64 Å². The molecule has 0 bridgehead atoms. The predicted molar refractivity (Wildman–Crippen MR) is 163 cm³/mol. The molecule has 1 amide bonds. The summed E-state index contributed by atoms with van der Waals surface area (Å²) in [5.74, 6) is 0.00814. The third-order valence-corrected chi connectivity index (χ3v) is 7.53. The molecule has 0 fully saturated rings. The zero-order valence-corrected chi connectivity index (χ0v) is 23.5. The van der Waals surface area contributed by atoms with Crippen LogP contribution in [-0.4, -0.2) is 40.6 Å². The molecular formula is C35H35N3O3. The Kier molecular flexibility index (Phi) is 9.02. The van der Waals surface area contributed by atoms with Crippen molar-refractivity contribution in [3.05, 3.63) is 148 Å². The molecule has 0 aliphatic rings. The van der Waals surface area contributed by atoms with Crippen LogP contribution < -0.4 is 5.56 Å². The SMILES string of the molecule is COCCn1c(C(C)N(CCc2ccccc2)C(=O)C(c2ccccc2)c2ccccc2)nc2ccccc2c1=O. The molecule has 5 rings (SSSR count). The Balaban J connectivity index is 1.63. The Bertz CT molecular complexity index is 1600. The van der Waals surface area contributed by atoms with E-state index in [1.807, 2.05) is 109 Å². The van der Waals surface area contributed by atoms with Gasteiger partial charge in [-0.25, -0.2) is 4.98 Å². The van der Waals surface area contributed by atoms with Crippen LogP contribution in [0.1, 0.15) is 41.4 Å². The Labute approximate surface area is 240 Å². The highest BCUT2D eigenvalue weighted by molar-refractivity contribution is 5.87. The second-order valence-corrected chi connectivity index (χ2v) is 10.1. The third-order valence-electron chi connectivity index (χ3n) is 7.53. The topological polar surface area (TPSA) is 64.4 Å². The molecule has 4 aromatic carbocycles. The molecule has 0 radical (unpaired) electrons. The van der Waals surface area contributed by atoms with Crippen molar-refractivity contribution in [3.8, 4) is 0 Å². The van der Waals surface area contributed by atoms with Gasteiger partial charge in [0.25, 0.3) is 5.56 Å². The van der Waals surface area contributed by atoms with Gasteiger partial charge >= 0.3 is 0 Å². The number of hydrogen-bond acceptors (Lipinski definition) is 4. The standard InChI is InChI=1S/C35H35N3O3/c1-26(33-36-31-21-13-12-20-30(31)34(39)38(33)24-25-41-2)37(23-22-27-14-6-3-7-15-27)35(40)32(28-16-8-4-9-17-28)29-18-10-5-11-19-29/h3-21,26,32H,22-25H2,1-2H3. The number of methoxy groups -OCH3 is 1. The summed E-state index contributed by atoms with van der Waals surface area (Å²) in [5.41, 5.74) is 3.46. The van der Waals surface area contributed by atoms with E-state index in [0.717, 1.165) is 16.7 Å². The summed E-state index contributed by atoms with van der Waals surface area (Å²) >= 11 is 0. The number of para-hydroxylation sites is 1. The quantitative estimate of drug-likeness (QED) is 0.204. The molecule has 6 nitrogen and oxygen atoms in total. The molecule has 1 heterocycles. The average molecular weight is 546 g/mol. The van der Waals surface area contributed by atoms with Crippen LogP contribution in [0.15, 0.2) is 120 Å². The number of hydrogen-bond donors (Lipinski definition) is 0. The summed E-state index contributed by atoms with van der Waals surface area (Å²) in [6.45, 7) is 3.13. The van der Waals surface area contributed by atoms with E-state index in [1.165, 1.54) is 0 Å². The lowest BCUT2D eigenvalue weighted by Crippen LogP contribution is -2.41. The lowest BCUT2D eigenvalue weighted by atomic mass is 9.89. The summed E-state index contributed by atoms with van der Waals surface area (Å²) in [7, 11) is 1.61. The molecule has 1 aromatic heterocycles. The average Bonchev–Trinajstić information content (AvgIpc) is 3.02. The molecule has 5 aromatic rings. The molecule has 6 heteroatoms. The van der Waals surface area contributed by atoms with Gasteiger partial charge in [0.1, 0.15) is 5.82 Å². The number of carbonyl (C=O) groups excluding carboxylic acids is 1. The van der Waals surface area contributed by atoms with Crippen molar-refractivity contribution in [3.63, 3.8) is 0 Å². The molecule has 0 spiro atoms. The number of ether oxygens (including phenoxy) is 1. The van der Waals surface area contributed by atoms with Crippen LogP contribution >= 0.6 is 0 Å². The van der Waals surface area contributed by atoms with Crippen molar-refractivity contribution in [1.82, 2.24) is 14.5 Å². The fraction of sp³-hybridized carbons (Fsp3) is 0.229. The molecule has 0 N–H and O–H groups in total. The van der Waals surface area contributed by atoms with E-state index in [2.05, 4.69) is 12.1 Å². The van der Waals surface area contributed by atoms with Crippen LogP contribution in [0.3, 0.4) is 0 Å². The first kappa shape index (κ1) is 28.0. The smallest absolute Gasteiger partial charge is 0.261 e. The first-order valence-corrected chi connectivity index (χ1v) is 14.0. The second-order valence-electron chi connectivity index (χ2n) is 10.1. The number of fused-ring (bicyclic) bond motifs is 1. The molecule has 0 saturated heterocycles. The van der Waals surface area contributed by atoms with Gasteiger partial charge in [-0.05, 0) is 42.2 Å². The van der Waals surface area contributed by atoms with E-state index < -0.39 is 12.0 Å². The lowest BCUT2D eigenvalue weighted by molar-refractivity contribution is -0.134. The van der Waals surface area contributed by atoms with Crippen molar-refractivity contribution < 1.29 is 9.53 Å². The summed E-state index contributed by atoms with van der Waals surface area (Å²) in [5, 5.41) is 0.549. The minimum atomic E-state index is -0.504. The highest BCUT2D eigenvalue weighted by Crippen LogP contribution is 2.31. The van der Waals surface area contributed by atoms with Gasteiger partial charge in [0.2, 0.25) is 5.91 Å². The van der Waals surface area contributed by atoms with Crippen LogP contribution in [0.25, 0.3) is 10.9 Å². The number of carbonyl (C=O) groups is 1. The van der Waals surface area contributed by atoms with Crippen molar-refractivity contribution >= 4 is 16.8 Å².